The lowest BCUT2D eigenvalue weighted by Gasteiger charge is -2.40. The van der Waals surface area contributed by atoms with E-state index in [9.17, 15) is 9.59 Å². The van der Waals surface area contributed by atoms with Crippen molar-refractivity contribution in [3.05, 3.63) is 29.3 Å². The number of carbonyl (C=O) groups excluding carboxylic acids is 2. The van der Waals surface area contributed by atoms with Crippen LogP contribution in [0.15, 0.2) is 24.3 Å². The molecule has 1 aromatic rings. The Morgan fingerprint density at radius 2 is 1.85 bits per heavy atom. The van der Waals surface area contributed by atoms with Gasteiger partial charge >= 0.3 is 0 Å². The third-order valence-corrected chi connectivity index (χ3v) is 3.83. The van der Waals surface area contributed by atoms with Gasteiger partial charge in [-0.15, -0.1) is 0 Å². The SMILES string of the molecule is CCC1C(=O)NC(C(C)C)C(=O)N1c1ccc(Cl)cc1. The molecule has 2 atom stereocenters. The number of benzene rings is 1. The molecule has 1 aliphatic rings. The van der Waals surface area contributed by atoms with Crippen LogP contribution in [-0.4, -0.2) is 23.9 Å². The summed E-state index contributed by atoms with van der Waals surface area (Å²) in [7, 11) is 0. The normalized spacial score (nSPS) is 23.1. The fourth-order valence-corrected chi connectivity index (χ4v) is 2.59. The largest absolute Gasteiger partial charge is 0.342 e. The van der Waals surface area contributed by atoms with Crippen molar-refractivity contribution in [3.63, 3.8) is 0 Å². The molecule has 2 unspecified atom stereocenters. The van der Waals surface area contributed by atoms with Gasteiger partial charge in [0.2, 0.25) is 5.91 Å². The van der Waals surface area contributed by atoms with E-state index in [0.717, 1.165) is 0 Å². The van der Waals surface area contributed by atoms with Gasteiger partial charge in [0.15, 0.2) is 0 Å². The topological polar surface area (TPSA) is 49.4 Å². The first kappa shape index (κ1) is 14.9. The Hall–Kier alpha value is -1.55. The fraction of sp³-hybridized carbons (Fsp3) is 0.467. The van der Waals surface area contributed by atoms with Crippen LogP contribution < -0.4 is 10.2 Å². The summed E-state index contributed by atoms with van der Waals surface area (Å²) in [5.74, 6) is -0.103. The lowest BCUT2D eigenvalue weighted by atomic mass is 9.96. The minimum absolute atomic E-state index is 0.0547. The average molecular weight is 295 g/mol. The van der Waals surface area contributed by atoms with Crippen LogP contribution in [-0.2, 0) is 9.59 Å². The maximum Gasteiger partial charge on any atom is 0.250 e. The minimum Gasteiger partial charge on any atom is -0.342 e. The molecule has 2 amide bonds. The highest BCUT2D eigenvalue weighted by molar-refractivity contribution is 6.30. The van der Waals surface area contributed by atoms with Crippen molar-refractivity contribution >= 4 is 29.1 Å². The third kappa shape index (κ3) is 2.66. The summed E-state index contributed by atoms with van der Waals surface area (Å²) in [6, 6.07) is 6.08. The van der Waals surface area contributed by atoms with E-state index in [0.29, 0.717) is 17.1 Å². The lowest BCUT2D eigenvalue weighted by molar-refractivity contribution is -0.134. The maximum absolute atomic E-state index is 12.6. The number of piperazine rings is 1. The van der Waals surface area contributed by atoms with Crippen molar-refractivity contribution in [2.24, 2.45) is 5.92 Å². The van der Waals surface area contributed by atoms with E-state index in [2.05, 4.69) is 5.32 Å². The van der Waals surface area contributed by atoms with Gasteiger partial charge in [-0.25, -0.2) is 0 Å². The molecule has 2 rings (SSSR count). The molecule has 1 saturated heterocycles. The predicted octanol–water partition coefficient (Wildman–Crippen LogP) is 2.61. The molecule has 0 spiro atoms. The van der Waals surface area contributed by atoms with Gasteiger partial charge in [-0.2, -0.15) is 0 Å². The van der Waals surface area contributed by atoms with Crippen molar-refractivity contribution < 1.29 is 9.59 Å². The molecule has 0 bridgehead atoms. The summed E-state index contributed by atoms with van der Waals surface area (Å²) in [4.78, 5) is 26.4. The van der Waals surface area contributed by atoms with Crippen LogP contribution in [0.25, 0.3) is 0 Å². The summed E-state index contributed by atoms with van der Waals surface area (Å²) in [6.45, 7) is 5.75. The van der Waals surface area contributed by atoms with Crippen LogP contribution >= 0.6 is 11.6 Å². The predicted molar refractivity (Wildman–Crippen MR) is 79.8 cm³/mol. The number of carbonyl (C=O) groups is 2. The second-order valence-electron chi connectivity index (χ2n) is 5.34. The van der Waals surface area contributed by atoms with Crippen LogP contribution in [0.2, 0.25) is 5.02 Å². The number of nitrogens with one attached hydrogen (secondary N) is 1. The quantitative estimate of drug-likeness (QED) is 0.931. The number of halogens is 1. The van der Waals surface area contributed by atoms with Crippen LogP contribution in [0.3, 0.4) is 0 Å². The summed E-state index contributed by atoms with van der Waals surface area (Å²) in [6.07, 6.45) is 0.574. The first-order chi connectivity index (χ1) is 9.45. The molecule has 1 aromatic carbocycles. The summed E-state index contributed by atoms with van der Waals surface area (Å²) >= 11 is 5.88. The molecule has 5 heteroatoms. The van der Waals surface area contributed by atoms with Crippen LogP contribution in [0, 0.1) is 5.92 Å². The van der Waals surface area contributed by atoms with E-state index >= 15 is 0 Å². The highest BCUT2D eigenvalue weighted by Crippen LogP contribution is 2.26. The van der Waals surface area contributed by atoms with E-state index in [1.54, 1.807) is 29.2 Å². The van der Waals surface area contributed by atoms with Crippen molar-refractivity contribution in [2.45, 2.75) is 39.3 Å². The molecule has 1 aliphatic heterocycles. The Labute approximate surface area is 124 Å². The summed E-state index contributed by atoms with van der Waals surface area (Å²) < 4.78 is 0. The van der Waals surface area contributed by atoms with Gasteiger partial charge in [0.05, 0.1) is 0 Å². The minimum atomic E-state index is -0.471. The Morgan fingerprint density at radius 1 is 1.25 bits per heavy atom. The van der Waals surface area contributed by atoms with Crippen molar-refractivity contribution in [3.8, 4) is 0 Å². The Bertz CT molecular complexity index is 513. The number of amides is 2. The van der Waals surface area contributed by atoms with Gasteiger partial charge in [0.25, 0.3) is 5.91 Å². The highest BCUT2D eigenvalue weighted by Gasteiger charge is 2.41. The first-order valence-corrected chi connectivity index (χ1v) is 7.22. The zero-order chi connectivity index (χ0) is 14.9. The molecule has 1 heterocycles. The van der Waals surface area contributed by atoms with Crippen LogP contribution in [0.5, 0.6) is 0 Å². The number of anilines is 1. The lowest BCUT2D eigenvalue weighted by Crippen LogP contribution is -2.64. The number of hydrogen-bond donors (Lipinski definition) is 1. The van der Waals surface area contributed by atoms with E-state index < -0.39 is 12.1 Å². The monoisotopic (exact) mass is 294 g/mol. The number of hydrogen-bond acceptors (Lipinski definition) is 2. The molecule has 0 saturated carbocycles. The van der Waals surface area contributed by atoms with Crippen molar-refractivity contribution in [2.75, 3.05) is 4.90 Å². The van der Waals surface area contributed by atoms with Gasteiger partial charge in [0, 0.05) is 10.7 Å². The van der Waals surface area contributed by atoms with E-state index in [1.165, 1.54) is 0 Å². The maximum atomic E-state index is 12.6. The van der Waals surface area contributed by atoms with Crippen LogP contribution in [0.1, 0.15) is 27.2 Å². The average Bonchev–Trinajstić information content (AvgIpc) is 2.41. The zero-order valence-corrected chi connectivity index (χ0v) is 12.6. The highest BCUT2D eigenvalue weighted by atomic mass is 35.5. The molecule has 1 N–H and O–H groups in total. The third-order valence-electron chi connectivity index (χ3n) is 3.57. The molecule has 4 nitrogen and oxygen atoms in total. The number of nitrogens with zero attached hydrogens (tertiary/aromatic N) is 1. The molecule has 0 aromatic heterocycles. The number of rotatable bonds is 3. The molecule has 0 radical (unpaired) electrons. The van der Waals surface area contributed by atoms with Gasteiger partial charge < -0.3 is 5.32 Å². The van der Waals surface area contributed by atoms with Gasteiger partial charge in [-0.05, 0) is 36.6 Å². The Balaban J connectivity index is 2.41. The molecule has 1 fully saturated rings. The second kappa shape index (κ2) is 5.83. The molecule has 20 heavy (non-hydrogen) atoms. The van der Waals surface area contributed by atoms with E-state index in [1.807, 2.05) is 20.8 Å². The fourth-order valence-electron chi connectivity index (χ4n) is 2.46. The van der Waals surface area contributed by atoms with Crippen LogP contribution in [0.4, 0.5) is 5.69 Å². The van der Waals surface area contributed by atoms with Gasteiger partial charge in [0.1, 0.15) is 12.1 Å². The second-order valence-corrected chi connectivity index (χ2v) is 5.78. The zero-order valence-electron chi connectivity index (χ0n) is 11.9. The first-order valence-electron chi connectivity index (χ1n) is 6.84. The van der Waals surface area contributed by atoms with Crippen molar-refractivity contribution in [1.29, 1.82) is 0 Å². The van der Waals surface area contributed by atoms with Gasteiger partial charge in [-0.1, -0.05) is 32.4 Å². The molecular weight excluding hydrogens is 276 g/mol. The van der Waals surface area contributed by atoms with E-state index in [4.69, 9.17) is 11.6 Å². The summed E-state index contributed by atoms with van der Waals surface area (Å²) in [5, 5.41) is 3.43. The van der Waals surface area contributed by atoms with E-state index in [-0.39, 0.29) is 17.7 Å². The Kier molecular flexibility index (Phi) is 4.33. The van der Waals surface area contributed by atoms with Crippen molar-refractivity contribution in [1.82, 2.24) is 5.32 Å². The Morgan fingerprint density at radius 3 is 2.35 bits per heavy atom. The smallest absolute Gasteiger partial charge is 0.250 e. The standard InChI is InChI=1S/C15H19ClN2O2/c1-4-12-14(19)17-13(9(2)3)15(20)18(12)11-7-5-10(16)6-8-11/h5-9,12-13H,4H2,1-3H3,(H,17,19). The molecule has 108 valence electrons. The molecule has 0 aliphatic carbocycles. The van der Waals surface area contributed by atoms with Gasteiger partial charge in [-0.3, -0.25) is 14.5 Å². The summed E-state index contributed by atoms with van der Waals surface area (Å²) in [5.41, 5.74) is 0.715. The molecular formula is C15H19ClN2O2.